The molecule has 1 saturated carbocycles. The van der Waals surface area contributed by atoms with Crippen molar-refractivity contribution in [2.24, 2.45) is 0 Å². The minimum Gasteiger partial charge on any atom is -0.508 e. The van der Waals surface area contributed by atoms with Crippen LogP contribution in [0.4, 0.5) is 5.69 Å². The third kappa shape index (κ3) is 4.00. The largest absolute Gasteiger partial charge is 0.508 e. The predicted octanol–water partition coefficient (Wildman–Crippen LogP) is 4.47. The summed E-state index contributed by atoms with van der Waals surface area (Å²) in [6.45, 7) is 8.18. The fraction of sp³-hybridized carbons (Fsp3) is 0.423. The molecule has 0 radical (unpaired) electrons. The number of aryl methyl sites for hydroxylation is 1. The molecule has 0 spiro atoms. The molecule has 6 heteroatoms. The first-order valence-electron chi connectivity index (χ1n) is 11.1. The zero-order valence-corrected chi connectivity index (χ0v) is 19.1. The first kappa shape index (κ1) is 22.4. The molecule has 1 heterocycles. The van der Waals surface area contributed by atoms with Crippen LogP contribution in [0.15, 0.2) is 42.5 Å². The number of benzene rings is 2. The molecule has 0 aliphatic heterocycles. The zero-order chi connectivity index (χ0) is 23.3. The molecule has 1 atom stereocenters. The Morgan fingerprint density at radius 1 is 1.19 bits per heavy atom. The summed E-state index contributed by atoms with van der Waals surface area (Å²) in [5.41, 5.74) is 3.61. The minimum absolute atomic E-state index is 0. The van der Waals surface area contributed by atoms with Gasteiger partial charge in [-0.05, 0) is 61.2 Å². The van der Waals surface area contributed by atoms with Crippen LogP contribution >= 0.6 is 0 Å². The lowest BCUT2D eigenvalue weighted by Crippen LogP contribution is -2.27. The van der Waals surface area contributed by atoms with E-state index in [9.17, 15) is 20.1 Å². The van der Waals surface area contributed by atoms with Crippen LogP contribution in [0.25, 0.3) is 10.9 Å². The van der Waals surface area contributed by atoms with E-state index >= 15 is 0 Å². The highest BCUT2D eigenvalue weighted by Gasteiger charge is 2.51. The van der Waals surface area contributed by atoms with Gasteiger partial charge in [-0.15, -0.1) is 0 Å². The van der Waals surface area contributed by atoms with Crippen molar-refractivity contribution in [1.29, 1.82) is 0 Å². The zero-order valence-electron chi connectivity index (χ0n) is 19.1. The summed E-state index contributed by atoms with van der Waals surface area (Å²) in [5, 5.41) is 33.5. The molecule has 6 nitrogen and oxygen atoms in total. The fourth-order valence-electron chi connectivity index (χ4n) is 4.36. The van der Waals surface area contributed by atoms with Crippen molar-refractivity contribution < 1.29 is 23.0 Å². The summed E-state index contributed by atoms with van der Waals surface area (Å²) in [4.78, 5) is 13.2. The predicted molar refractivity (Wildman–Crippen MR) is 130 cm³/mol. The normalized spacial score (nSPS) is 16.2. The van der Waals surface area contributed by atoms with E-state index in [0.29, 0.717) is 12.2 Å². The van der Waals surface area contributed by atoms with Crippen molar-refractivity contribution in [3.63, 3.8) is 0 Å². The van der Waals surface area contributed by atoms with Gasteiger partial charge in [-0.25, -0.2) is 0 Å². The van der Waals surface area contributed by atoms with Crippen LogP contribution in [0.5, 0.6) is 5.75 Å². The number of fused-ring (bicyclic) bond motifs is 1. The molecule has 1 amide bonds. The van der Waals surface area contributed by atoms with E-state index in [4.69, 9.17) is 0 Å². The van der Waals surface area contributed by atoms with Crippen LogP contribution in [0.2, 0.25) is 0 Å². The Hall–Kier alpha value is -2.83. The first-order valence-corrected chi connectivity index (χ1v) is 11.1. The molecule has 1 aromatic heterocycles. The van der Waals surface area contributed by atoms with Crippen LogP contribution in [0, 0.1) is 6.92 Å². The molecule has 0 saturated heterocycles. The van der Waals surface area contributed by atoms with Gasteiger partial charge in [-0.1, -0.05) is 32.9 Å². The maximum Gasteiger partial charge on any atom is 0.235 e. The van der Waals surface area contributed by atoms with E-state index < -0.39 is 11.5 Å². The van der Waals surface area contributed by atoms with Crippen LogP contribution in [0.3, 0.4) is 0 Å². The SMILES string of the molecule is Cc1ccc(C2(C(=O)Nc3ccc4c(c3)cc(C(C)(C)C)n4C[C@@H](O)CO)CC2)cc1O.[HH].[HH]. The summed E-state index contributed by atoms with van der Waals surface area (Å²) in [6, 6.07) is 13.3. The third-order valence-electron chi connectivity index (χ3n) is 6.48. The van der Waals surface area contributed by atoms with E-state index in [-0.39, 0.29) is 26.5 Å². The van der Waals surface area contributed by atoms with Crippen LogP contribution < -0.4 is 5.32 Å². The Balaban J connectivity index is 0.00000204. The van der Waals surface area contributed by atoms with Gasteiger partial charge in [-0.2, -0.15) is 0 Å². The highest BCUT2D eigenvalue weighted by Crippen LogP contribution is 2.50. The second-order valence-electron chi connectivity index (χ2n) is 10.0. The molecule has 4 rings (SSSR count). The molecule has 0 bridgehead atoms. The molecule has 1 aliphatic carbocycles. The lowest BCUT2D eigenvalue weighted by atomic mass is 9.92. The van der Waals surface area contributed by atoms with E-state index in [0.717, 1.165) is 40.6 Å². The van der Waals surface area contributed by atoms with Gasteiger partial charge in [0.05, 0.1) is 24.7 Å². The second-order valence-corrected chi connectivity index (χ2v) is 10.0. The summed E-state index contributed by atoms with van der Waals surface area (Å²) in [6.07, 6.45) is 0.673. The van der Waals surface area contributed by atoms with Gasteiger partial charge in [0.1, 0.15) is 5.75 Å². The Morgan fingerprint density at radius 2 is 1.91 bits per heavy atom. The number of carbonyl (C=O) groups is 1. The molecular formula is C26H36N2O4. The van der Waals surface area contributed by atoms with Crippen molar-refractivity contribution in [1.82, 2.24) is 4.57 Å². The monoisotopic (exact) mass is 440 g/mol. The number of carbonyl (C=O) groups excluding carboxylic acids is 1. The van der Waals surface area contributed by atoms with Crippen molar-refractivity contribution in [2.75, 3.05) is 11.9 Å². The third-order valence-corrected chi connectivity index (χ3v) is 6.48. The number of phenolic OH excluding ortho intramolecular Hbond substituents is 1. The van der Waals surface area contributed by atoms with Crippen molar-refractivity contribution >= 4 is 22.5 Å². The number of anilines is 1. The maximum absolute atomic E-state index is 13.2. The molecule has 174 valence electrons. The Kier molecular flexibility index (Phi) is 5.55. The van der Waals surface area contributed by atoms with E-state index in [2.05, 4.69) is 32.2 Å². The lowest BCUT2D eigenvalue weighted by molar-refractivity contribution is -0.118. The molecule has 32 heavy (non-hydrogen) atoms. The number of aliphatic hydroxyl groups is 2. The van der Waals surface area contributed by atoms with Gasteiger partial charge in [0, 0.05) is 30.6 Å². The second kappa shape index (κ2) is 7.94. The number of rotatable bonds is 6. The Bertz CT molecular complexity index is 1180. The van der Waals surface area contributed by atoms with Gasteiger partial charge in [-0.3, -0.25) is 4.79 Å². The molecule has 1 aliphatic rings. The average molecular weight is 441 g/mol. The number of aromatic hydroxyl groups is 1. The standard InChI is InChI=1S/C26H32N2O4.2H2/c1-16-5-6-18(13-22(16)31)26(9-10-26)24(32)27-19-7-8-21-17(11-19)12-23(25(2,3)4)28(21)14-20(30)15-29;;/h5-8,11-13,20,29-31H,9-10,14-15H2,1-4H3,(H,27,32);2*1H/t20-;;/m1../s1. The van der Waals surface area contributed by atoms with Crippen molar-refractivity contribution in [3.05, 3.63) is 59.3 Å². The van der Waals surface area contributed by atoms with Crippen LogP contribution in [0.1, 0.15) is 53.3 Å². The van der Waals surface area contributed by atoms with Gasteiger partial charge >= 0.3 is 0 Å². The maximum atomic E-state index is 13.2. The number of amides is 1. The molecule has 2 aromatic carbocycles. The summed E-state index contributed by atoms with van der Waals surface area (Å²) in [5.74, 6) is 0.149. The topological polar surface area (TPSA) is 94.7 Å². The first-order chi connectivity index (χ1) is 15.0. The molecule has 1 fully saturated rings. The Labute approximate surface area is 191 Å². The number of phenols is 1. The van der Waals surface area contributed by atoms with E-state index in [1.54, 1.807) is 6.07 Å². The van der Waals surface area contributed by atoms with Crippen LogP contribution in [-0.4, -0.2) is 38.5 Å². The minimum atomic E-state index is -0.841. The average Bonchev–Trinajstić information content (AvgIpc) is 3.47. The Morgan fingerprint density at radius 3 is 2.50 bits per heavy atom. The molecule has 3 aromatic rings. The summed E-state index contributed by atoms with van der Waals surface area (Å²) >= 11 is 0. The van der Waals surface area contributed by atoms with Crippen molar-refractivity contribution in [3.8, 4) is 5.75 Å². The smallest absolute Gasteiger partial charge is 0.235 e. The fourth-order valence-corrected chi connectivity index (χ4v) is 4.36. The molecule has 4 N–H and O–H groups in total. The number of hydrogen-bond acceptors (Lipinski definition) is 4. The van der Waals surface area contributed by atoms with Gasteiger partial charge in [0.25, 0.3) is 0 Å². The summed E-state index contributed by atoms with van der Waals surface area (Å²) < 4.78 is 2.04. The van der Waals surface area contributed by atoms with Crippen molar-refractivity contribution in [2.45, 2.75) is 64.0 Å². The number of aromatic nitrogens is 1. The van der Waals surface area contributed by atoms with Crippen LogP contribution in [-0.2, 0) is 22.2 Å². The van der Waals surface area contributed by atoms with Gasteiger partial charge in [0.15, 0.2) is 0 Å². The van der Waals surface area contributed by atoms with Gasteiger partial charge < -0.3 is 25.2 Å². The number of nitrogens with one attached hydrogen (secondary N) is 1. The quantitative estimate of drug-likeness (QED) is 0.455. The number of nitrogens with zero attached hydrogens (tertiary/aromatic N) is 1. The number of hydrogen-bond donors (Lipinski definition) is 4. The highest BCUT2D eigenvalue weighted by atomic mass is 16.3. The molecular weight excluding hydrogens is 404 g/mol. The van der Waals surface area contributed by atoms with Gasteiger partial charge in [0.2, 0.25) is 5.91 Å². The number of aliphatic hydroxyl groups excluding tert-OH is 2. The van der Waals surface area contributed by atoms with E-state index in [1.807, 2.05) is 41.8 Å². The van der Waals surface area contributed by atoms with E-state index in [1.165, 1.54) is 0 Å². The highest BCUT2D eigenvalue weighted by molar-refractivity contribution is 6.02. The molecule has 0 unspecified atom stereocenters. The summed E-state index contributed by atoms with van der Waals surface area (Å²) in [7, 11) is 0. The lowest BCUT2D eigenvalue weighted by Gasteiger charge is -2.23.